The number of benzene rings is 2. The Kier molecular flexibility index (Phi) is 8.63. The van der Waals surface area contributed by atoms with Crippen LogP contribution < -0.4 is 5.32 Å². The van der Waals surface area contributed by atoms with E-state index in [1.807, 2.05) is 62.4 Å². The fourth-order valence-electron chi connectivity index (χ4n) is 5.04. The first kappa shape index (κ1) is 27.0. The molecule has 0 bridgehead atoms. The van der Waals surface area contributed by atoms with E-state index in [1.165, 1.54) is 4.80 Å². The summed E-state index contributed by atoms with van der Waals surface area (Å²) in [7, 11) is 0. The number of aromatic nitrogens is 4. The molecule has 5 rings (SSSR count). The Morgan fingerprint density at radius 2 is 1.62 bits per heavy atom. The molecule has 206 valence electrons. The number of carbonyl (C=O) groups excluding carboxylic acids is 2. The first-order chi connectivity index (χ1) is 19.0. The lowest BCUT2D eigenvalue weighted by Crippen LogP contribution is -2.48. The van der Waals surface area contributed by atoms with Gasteiger partial charge in [0.2, 0.25) is 17.6 Å². The zero-order chi connectivity index (χ0) is 27.2. The second kappa shape index (κ2) is 12.5. The highest BCUT2D eigenvalue weighted by Gasteiger charge is 2.35. The normalized spacial score (nSPS) is 19.6. The molecule has 10 nitrogen and oxygen atoms in total. The molecular formula is C29H36N6O4. The van der Waals surface area contributed by atoms with Crippen LogP contribution in [0, 0.1) is 13.8 Å². The molecule has 39 heavy (non-hydrogen) atoms. The molecule has 2 fully saturated rings. The average molecular weight is 533 g/mol. The van der Waals surface area contributed by atoms with E-state index in [0.717, 1.165) is 47.9 Å². The number of rotatable bonds is 10. The molecule has 1 aromatic heterocycles. The SMILES string of the molecule is Cc1ccc(-c2nnn(CC(=O)N(C[C@@H]3CCCO3)[C@H](C(=O)NC[C@H]3CCCO3)c3ccc(C)cc3)n2)cc1. The Labute approximate surface area is 228 Å². The van der Waals surface area contributed by atoms with Crippen molar-refractivity contribution >= 4 is 11.8 Å². The number of nitrogens with one attached hydrogen (secondary N) is 1. The molecular weight excluding hydrogens is 496 g/mol. The highest BCUT2D eigenvalue weighted by Crippen LogP contribution is 2.26. The maximum Gasteiger partial charge on any atom is 0.247 e. The van der Waals surface area contributed by atoms with E-state index in [0.29, 0.717) is 32.1 Å². The Hall–Kier alpha value is -3.63. The lowest BCUT2D eigenvalue weighted by molar-refractivity contribution is -0.143. The molecule has 1 N–H and O–H groups in total. The van der Waals surface area contributed by atoms with Crippen LogP contribution in [0.15, 0.2) is 48.5 Å². The van der Waals surface area contributed by atoms with Crippen LogP contribution in [0.2, 0.25) is 0 Å². The lowest BCUT2D eigenvalue weighted by Gasteiger charge is -2.33. The summed E-state index contributed by atoms with van der Waals surface area (Å²) in [6.07, 6.45) is 3.52. The summed E-state index contributed by atoms with van der Waals surface area (Å²) >= 11 is 0. The largest absolute Gasteiger partial charge is 0.376 e. The standard InChI is InChI=1S/C29H36N6O4/c1-20-7-11-22(12-8-20)27(29(37)30-17-24-5-3-15-38-24)34(18-25-6-4-16-39-25)26(36)19-35-32-28(31-33-35)23-13-9-21(2)10-14-23/h7-14,24-25,27H,3-6,15-19H2,1-2H3,(H,30,37)/t24-,25+,27+/m1/s1. The minimum absolute atomic E-state index is 0.00511. The third kappa shape index (κ3) is 6.88. The Morgan fingerprint density at radius 1 is 0.974 bits per heavy atom. The van der Waals surface area contributed by atoms with Crippen LogP contribution in [-0.2, 0) is 25.6 Å². The minimum Gasteiger partial charge on any atom is -0.376 e. The van der Waals surface area contributed by atoms with E-state index in [-0.39, 0.29) is 30.6 Å². The van der Waals surface area contributed by atoms with Crippen molar-refractivity contribution in [2.45, 2.75) is 64.3 Å². The molecule has 2 amide bonds. The van der Waals surface area contributed by atoms with Gasteiger partial charge in [0.1, 0.15) is 12.6 Å². The summed E-state index contributed by atoms with van der Waals surface area (Å²) in [6.45, 7) is 5.92. The predicted molar refractivity (Wildman–Crippen MR) is 145 cm³/mol. The molecule has 3 aromatic rings. The van der Waals surface area contributed by atoms with Crippen LogP contribution in [0.4, 0.5) is 0 Å². The van der Waals surface area contributed by atoms with Gasteiger partial charge in [0.05, 0.1) is 12.2 Å². The van der Waals surface area contributed by atoms with Gasteiger partial charge in [0.25, 0.3) is 0 Å². The first-order valence-corrected chi connectivity index (χ1v) is 13.7. The van der Waals surface area contributed by atoms with Gasteiger partial charge in [0.15, 0.2) is 0 Å². The van der Waals surface area contributed by atoms with Crippen molar-refractivity contribution in [2.75, 3.05) is 26.3 Å². The summed E-state index contributed by atoms with van der Waals surface area (Å²) in [4.78, 5) is 30.5. The van der Waals surface area contributed by atoms with E-state index in [2.05, 4.69) is 20.7 Å². The molecule has 2 aliphatic rings. The number of aryl methyl sites for hydroxylation is 2. The molecule has 0 radical (unpaired) electrons. The second-order valence-electron chi connectivity index (χ2n) is 10.4. The maximum atomic E-state index is 13.9. The van der Waals surface area contributed by atoms with Crippen LogP contribution in [0.1, 0.15) is 48.4 Å². The topological polar surface area (TPSA) is 111 Å². The fraction of sp³-hybridized carbons (Fsp3) is 0.483. The van der Waals surface area contributed by atoms with Gasteiger partial charge in [-0.1, -0.05) is 59.7 Å². The van der Waals surface area contributed by atoms with Crippen LogP contribution in [0.3, 0.4) is 0 Å². The van der Waals surface area contributed by atoms with Crippen molar-refractivity contribution in [2.24, 2.45) is 0 Å². The van der Waals surface area contributed by atoms with E-state index < -0.39 is 6.04 Å². The van der Waals surface area contributed by atoms with E-state index in [4.69, 9.17) is 9.47 Å². The zero-order valence-electron chi connectivity index (χ0n) is 22.6. The first-order valence-electron chi connectivity index (χ1n) is 13.7. The summed E-state index contributed by atoms with van der Waals surface area (Å²) in [6, 6.07) is 14.7. The average Bonchev–Trinajstić information content (AvgIpc) is 3.72. The Morgan fingerprint density at radius 3 is 2.26 bits per heavy atom. The molecule has 0 spiro atoms. The molecule has 3 atom stereocenters. The molecule has 0 unspecified atom stereocenters. The van der Waals surface area contributed by atoms with Crippen molar-refractivity contribution in [1.29, 1.82) is 0 Å². The molecule has 10 heteroatoms. The monoisotopic (exact) mass is 532 g/mol. The van der Waals surface area contributed by atoms with Gasteiger partial charge in [-0.3, -0.25) is 9.59 Å². The summed E-state index contributed by atoms with van der Waals surface area (Å²) < 4.78 is 11.6. The smallest absolute Gasteiger partial charge is 0.247 e. The van der Waals surface area contributed by atoms with E-state index in [9.17, 15) is 9.59 Å². The summed E-state index contributed by atoms with van der Waals surface area (Å²) in [5.74, 6) is -0.0818. The van der Waals surface area contributed by atoms with E-state index >= 15 is 0 Å². The van der Waals surface area contributed by atoms with Gasteiger partial charge >= 0.3 is 0 Å². The molecule has 2 saturated heterocycles. The minimum atomic E-state index is -0.830. The third-order valence-corrected chi connectivity index (χ3v) is 7.27. The Balaban J connectivity index is 1.40. The fourth-order valence-corrected chi connectivity index (χ4v) is 5.04. The van der Waals surface area contributed by atoms with Gasteiger partial charge in [-0.15, -0.1) is 10.2 Å². The number of ether oxygens (including phenoxy) is 2. The quantitative estimate of drug-likeness (QED) is 0.427. The number of tetrazole rings is 1. The van der Waals surface area contributed by atoms with Gasteiger partial charge < -0.3 is 19.7 Å². The van der Waals surface area contributed by atoms with Crippen LogP contribution in [-0.4, -0.2) is 75.4 Å². The molecule has 0 saturated carbocycles. The number of hydrogen-bond acceptors (Lipinski definition) is 7. The van der Waals surface area contributed by atoms with Crippen LogP contribution in [0.25, 0.3) is 11.4 Å². The zero-order valence-corrected chi connectivity index (χ0v) is 22.6. The number of hydrogen-bond donors (Lipinski definition) is 1. The maximum absolute atomic E-state index is 13.9. The second-order valence-corrected chi connectivity index (χ2v) is 10.4. The van der Waals surface area contributed by atoms with Crippen molar-refractivity contribution in [3.05, 3.63) is 65.2 Å². The van der Waals surface area contributed by atoms with Gasteiger partial charge in [-0.25, -0.2) is 0 Å². The van der Waals surface area contributed by atoms with Gasteiger partial charge in [-0.2, -0.15) is 4.80 Å². The number of carbonyl (C=O) groups is 2. The molecule has 0 aliphatic carbocycles. The van der Waals surface area contributed by atoms with Gasteiger partial charge in [-0.05, 0) is 50.3 Å². The molecule has 2 aromatic carbocycles. The highest BCUT2D eigenvalue weighted by molar-refractivity contribution is 5.88. The summed E-state index contributed by atoms with van der Waals surface area (Å²) in [5.41, 5.74) is 3.76. The van der Waals surface area contributed by atoms with Crippen molar-refractivity contribution < 1.29 is 19.1 Å². The number of amides is 2. The van der Waals surface area contributed by atoms with Crippen LogP contribution in [0.5, 0.6) is 0 Å². The number of nitrogens with zero attached hydrogens (tertiary/aromatic N) is 5. The van der Waals surface area contributed by atoms with Crippen molar-refractivity contribution in [1.82, 2.24) is 30.4 Å². The van der Waals surface area contributed by atoms with Crippen molar-refractivity contribution in [3.8, 4) is 11.4 Å². The van der Waals surface area contributed by atoms with Crippen LogP contribution >= 0.6 is 0 Å². The van der Waals surface area contributed by atoms with Crippen molar-refractivity contribution in [3.63, 3.8) is 0 Å². The third-order valence-electron chi connectivity index (χ3n) is 7.27. The van der Waals surface area contributed by atoms with E-state index in [1.54, 1.807) is 4.90 Å². The lowest BCUT2D eigenvalue weighted by atomic mass is 10.0. The molecule has 3 heterocycles. The van der Waals surface area contributed by atoms with Gasteiger partial charge in [0, 0.05) is 31.9 Å². The predicted octanol–water partition coefficient (Wildman–Crippen LogP) is 3.00. The summed E-state index contributed by atoms with van der Waals surface area (Å²) in [5, 5.41) is 15.8. The Bertz CT molecular complexity index is 1250. The highest BCUT2D eigenvalue weighted by atomic mass is 16.5. The molecule has 2 aliphatic heterocycles.